The average molecular weight is 390 g/mol. The van der Waals surface area contributed by atoms with E-state index in [9.17, 15) is 5.11 Å². The zero-order chi connectivity index (χ0) is 19.6. The van der Waals surface area contributed by atoms with Crippen molar-refractivity contribution in [3.63, 3.8) is 0 Å². The molecule has 3 aromatic rings. The van der Waals surface area contributed by atoms with Crippen molar-refractivity contribution in [1.82, 2.24) is 25.1 Å². The summed E-state index contributed by atoms with van der Waals surface area (Å²) in [7, 11) is 0. The molecular formula is C22H26N6O. The van der Waals surface area contributed by atoms with E-state index in [1.165, 1.54) is 32.1 Å². The molecule has 0 spiro atoms. The lowest BCUT2D eigenvalue weighted by Crippen LogP contribution is -2.49. The average Bonchev–Trinajstić information content (AvgIpc) is 3.22. The van der Waals surface area contributed by atoms with E-state index in [0.717, 1.165) is 18.1 Å². The van der Waals surface area contributed by atoms with Gasteiger partial charge >= 0.3 is 0 Å². The Kier molecular flexibility index (Phi) is 4.89. The van der Waals surface area contributed by atoms with E-state index in [0.29, 0.717) is 29.5 Å². The number of aromatic nitrogens is 4. The highest BCUT2D eigenvalue weighted by atomic mass is 16.3. The molecule has 4 heterocycles. The Bertz CT molecular complexity index is 957. The van der Waals surface area contributed by atoms with Gasteiger partial charge in [0.25, 0.3) is 0 Å². The zero-order valence-electron chi connectivity index (χ0n) is 16.3. The van der Waals surface area contributed by atoms with Gasteiger partial charge in [-0.05, 0) is 55.9 Å². The first-order valence-corrected chi connectivity index (χ1v) is 10.4. The topological polar surface area (TPSA) is 87.9 Å². The third kappa shape index (κ3) is 3.96. The molecule has 2 aliphatic heterocycles. The highest BCUT2D eigenvalue weighted by Crippen LogP contribution is 2.30. The molecule has 1 aromatic carbocycles. The number of rotatable bonds is 5. The Balaban J connectivity index is 1.26. The van der Waals surface area contributed by atoms with E-state index >= 15 is 0 Å². The lowest BCUT2D eigenvalue weighted by atomic mass is 9.80. The van der Waals surface area contributed by atoms with Crippen molar-refractivity contribution < 1.29 is 5.11 Å². The van der Waals surface area contributed by atoms with Gasteiger partial charge in [0, 0.05) is 37.1 Å². The maximum absolute atomic E-state index is 9.75. The highest BCUT2D eigenvalue weighted by Gasteiger charge is 2.30. The van der Waals surface area contributed by atoms with Crippen LogP contribution in [0.5, 0.6) is 5.75 Å². The Morgan fingerprint density at radius 1 is 1.10 bits per heavy atom. The standard InChI is InChI=1S/C22H26N6O/c29-19-6-2-5-18(13-19)28-10-9-23-22(28)20-7-8-21(27-26-20)24-14-15-11-16-3-1-4-17(12-15)25-16/h2,5-10,13,15-17,25,29H,1,3-4,11-12,14H2,(H,24,27). The van der Waals surface area contributed by atoms with Gasteiger partial charge in [-0.2, -0.15) is 0 Å². The fourth-order valence-corrected chi connectivity index (χ4v) is 4.69. The van der Waals surface area contributed by atoms with E-state index in [1.807, 2.05) is 35.0 Å². The van der Waals surface area contributed by atoms with Crippen LogP contribution < -0.4 is 10.6 Å². The number of imidazole rings is 1. The van der Waals surface area contributed by atoms with Gasteiger partial charge in [-0.15, -0.1) is 10.2 Å². The third-order valence-electron chi connectivity index (χ3n) is 6.03. The fourth-order valence-electron chi connectivity index (χ4n) is 4.69. The second-order valence-corrected chi connectivity index (χ2v) is 8.15. The summed E-state index contributed by atoms with van der Waals surface area (Å²) >= 11 is 0. The molecule has 2 atom stereocenters. The van der Waals surface area contributed by atoms with Gasteiger partial charge in [-0.25, -0.2) is 4.98 Å². The largest absolute Gasteiger partial charge is 0.508 e. The number of fused-ring (bicyclic) bond motifs is 2. The van der Waals surface area contributed by atoms with Gasteiger partial charge in [0.05, 0.1) is 5.69 Å². The first-order valence-electron chi connectivity index (χ1n) is 10.4. The number of phenols is 1. The van der Waals surface area contributed by atoms with Crippen molar-refractivity contribution in [1.29, 1.82) is 0 Å². The number of phenolic OH excluding ortho intramolecular Hbond substituents is 1. The first kappa shape index (κ1) is 18.1. The summed E-state index contributed by atoms with van der Waals surface area (Å²) < 4.78 is 1.89. The monoisotopic (exact) mass is 390 g/mol. The normalized spacial score (nSPS) is 23.7. The lowest BCUT2D eigenvalue weighted by molar-refractivity contribution is 0.192. The lowest BCUT2D eigenvalue weighted by Gasteiger charge is -2.40. The van der Waals surface area contributed by atoms with E-state index in [2.05, 4.69) is 25.8 Å². The van der Waals surface area contributed by atoms with Crippen molar-refractivity contribution in [2.45, 2.75) is 44.2 Å². The van der Waals surface area contributed by atoms with E-state index in [1.54, 1.807) is 18.3 Å². The number of hydrogen-bond acceptors (Lipinski definition) is 6. The predicted octanol–water partition coefficient (Wildman–Crippen LogP) is 3.37. The van der Waals surface area contributed by atoms with Crippen LogP contribution in [-0.4, -0.2) is 43.5 Å². The van der Waals surface area contributed by atoms with Crippen molar-refractivity contribution in [3.8, 4) is 23.0 Å². The maximum atomic E-state index is 9.75. The van der Waals surface area contributed by atoms with Crippen molar-refractivity contribution in [2.75, 3.05) is 11.9 Å². The van der Waals surface area contributed by atoms with Gasteiger partial charge in [0.2, 0.25) is 0 Å². The molecule has 7 nitrogen and oxygen atoms in total. The van der Waals surface area contributed by atoms with Gasteiger partial charge in [-0.3, -0.25) is 4.57 Å². The predicted molar refractivity (Wildman–Crippen MR) is 112 cm³/mol. The molecule has 0 aliphatic carbocycles. The molecule has 0 saturated carbocycles. The summed E-state index contributed by atoms with van der Waals surface area (Å²) in [6.45, 7) is 0.945. The van der Waals surface area contributed by atoms with Gasteiger partial charge in [0.15, 0.2) is 5.82 Å². The number of hydrogen-bond donors (Lipinski definition) is 3. The van der Waals surface area contributed by atoms with E-state index in [4.69, 9.17) is 0 Å². The molecular weight excluding hydrogens is 364 g/mol. The van der Waals surface area contributed by atoms with Crippen LogP contribution in [0.2, 0.25) is 0 Å². The molecule has 2 aromatic heterocycles. The maximum Gasteiger partial charge on any atom is 0.165 e. The molecule has 150 valence electrons. The minimum absolute atomic E-state index is 0.217. The Labute approximate surface area is 170 Å². The number of anilines is 1. The van der Waals surface area contributed by atoms with Crippen molar-refractivity contribution in [2.24, 2.45) is 5.92 Å². The smallest absolute Gasteiger partial charge is 0.165 e. The zero-order valence-corrected chi connectivity index (χ0v) is 16.3. The van der Waals surface area contributed by atoms with Gasteiger partial charge in [0.1, 0.15) is 17.3 Å². The van der Waals surface area contributed by atoms with Crippen LogP contribution >= 0.6 is 0 Å². The van der Waals surface area contributed by atoms with Crippen LogP contribution in [0.15, 0.2) is 48.8 Å². The number of piperidine rings is 2. The molecule has 7 heteroatoms. The summed E-state index contributed by atoms with van der Waals surface area (Å²) in [4.78, 5) is 4.43. The number of benzene rings is 1. The van der Waals surface area contributed by atoms with E-state index in [-0.39, 0.29) is 5.75 Å². The Morgan fingerprint density at radius 2 is 1.97 bits per heavy atom. The van der Waals surface area contributed by atoms with E-state index < -0.39 is 0 Å². The molecule has 2 fully saturated rings. The minimum Gasteiger partial charge on any atom is -0.508 e. The second-order valence-electron chi connectivity index (χ2n) is 8.15. The number of nitrogens with zero attached hydrogens (tertiary/aromatic N) is 4. The summed E-state index contributed by atoms with van der Waals surface area (Å²) in [5.74, 6) is 2.40. The first-order chi connectivity index (χ1) is 14.2. The summed E-state index contributed by atoms with van der Waals surface area (Å²) in [6.07, 6.45) is 10.1. The molecule has 3 N–H and O–H groups in total. The van der Waals surface area contributed by atoms with Crippen molar-refractivity contribution >= 4 is 5.82 Å². The molecule has 0 radical (unpaired) electrons. The van der Waals surface area contributed by atoms with Crippen LogP contribution in [0.25, 0.3) is 17.2 Å². The van der Waals surface area contributed by atoms with Crippen LogP contribution in [0.1, 0.15) is 32.1 Å². The Morgan fingerprint density at radius 3 is 2.72 bits per heavy atom. The molecule has 2 saturated heterocycles. The van der Waals surface area contributed by atoms with Gasteiger partial charge < -0.3 is 15.7 Å². The fraction of sp³-hybridized carbons (Fsp3) is 0.409. The third-order valence-corrected chi connectivity index (χ3v) is 6.03. The van der Waals surface area contributed by atoms with Crippen LogP contribution in [0, 0.1) is 5.92 Å². The molecule has 2 aliphatic rings. The molecule has 2 bridgehead atoms. The Hall–Kier alpha value is -2.93. The van der Waals surface area contributed by atoms with Gasteiger partial charge in [-0.1, -0.05) is 12.5 Å². The molecule has 2 unspecified atom stereocenters. The highest BCUT2D eigenvalue weighted by molar-refractivity contribution is 5.55. The van der Waals surface area contributed by atoms with Crippen LogP contribution in [0.3, 0.4) is 0 Å². The van der Waals surface area contributed by atoms with Crippen molar-refractivity contribution in [3.05, 3.63) is 48.8 Å². The number of nitrogens with one attached hydrogen (secondary N) is 2. The quantitative estimate of drug-likeness (QED) is 0.619. The summed E-state index contributed by atoms with van der Waals surface area (Å²) in [6, 6.07) is 12.4. The molecule has 0 amide bonds. The second kappa shape index (κ2) is 7.83. The SMILES string of the molecule is Oc1cccc(-n2ccnc2-c2ccc(NCC3CC4CCCC(C3)N4)nn2)c1. The number of aromatic hydroxyl groups is 1. The minimum atomic E-state index is 0.217. The summed E-state index contributed by atoms with van der Waals surface area (Å²) in [5, 5.41) is 25.7. The molecule has 29 heavy (non-hydrogen) atoms. The van der Waals surface area contributed by atoms with Crippen LogP contribution in [0.4, 0.5) is 5.82 Å². The van der Waals surface area contributed by atoms with Crippen LogP contribution in [-0.2, 0) is 0 Å². The summed E-state index contributed by atoms with van der Waals surface area (Å²) in [5.41, 5.74) is 1.53. The molecule has 5 rings (SSSR count).